The van der Waals surface area contributed by atoms with Gasteiger partial charge in [0.2, 0.25) is 5.91 Å². The van der Waals surface area contributed by atoms with Crippen LogP contribution in [0.5, 0.6) is 5.75 Å². The van der Waals surface area contributed by atoms with Crippen molar-refractivity contribution in [3.05, 3.63) is 59.2 Å². The van der Waals surface area contributed by atoms with E-state index >= 15 is 0 Å². The van der Waals surface area contributed by atoms with E-state index in [-0.39, 0.29) is 24.5 Å². The summed E-state index contributed by atoms with van der Waals surface area (Å²) in [5.74, 6) is -0.0446. The Bertz CT molecular complexity index is 726. The van der Waals surface area contributed by atoms with Crippen LogP contribution in [0.4, 0.5) is 5.69 Å². The molecule has 0 atom stereocenters. The van der Waals surface area contributed by atoms with E-state index in [4.69, 9.17) is 10.5 Å². The summed E-state index contributed by atoms with van der Waals surface area (Å²) in [7, 11) is 0. The van der Waals surface area contributed by atoms with Crippen LogP contribution in [-0.4, -0.2) is 18.4 Å². The minimum absolute atomic E-state index is 0.181. The molecule has 23 heavy (non-hydrogen) atoms. The summed E-state index contributed by atoms with van der Waals surface area (Å²) in [5.41, 5.74) is 8.18. The number of nitrogens with one attached hydrogen (secondary N) is 1. The summed E-state index contributed by atoms with van der Waals surface area (Å²) < 4.78 is 5.63. The lowest BCUT2D eigenvalue weighted by molar-refractivity contribution is -0.116. The molecule has 0 aliphatic rings. The maximum Gasteiger partial charge on any atom is 0.250 e. The molecule has 0 saturated carbocycles. The maximum absolute atomic E-state index is 12.0. The van der Waals surface area contributed by atoms with Crippen molar-refractivity contribution in [2.24, 2.45) is 5.73 Å². The standard InChI is InChI=1S/C18H20N2O3/c1-12-7-8-16(13(2)11-12)23-10-9-17(21)20-15-6-4-3-5-14(15)18(19)22/h3-8,11H,9-10H2,1-2H3,(H2,19,22)(H,20,21). The Morgan fingerprint density at radius 2 is 1.87 bits per heavy atom. The molecule has 0 aromatic heterocycles. The van der Waals surface area contributed by atoms with Gasteiger partial charge >= 0.3 is 0 Å². The van der Waals surface area contributed by atoms with Gasteiger partial charge in [-0.3, -0.25) is 9.59 Å². The third kappa shape index (κ3) is 4.57. The number of anilines is 1. The number of carbonyl (C=O) groups excluding carboxylic acids is 2. The van der Waals surface area contributed by atoms with E-state index in [0.29, 0.717) is 5.69 Å². The average molecular weight is 312 g/mol. The summed E-state index contributed by atoms with van der Waals surface area (Å²) in [4.78, 5) is 23.3. The maximum atomic E-state index is 12.0. The number of amides is 2. The normalized spacial score (nSPS) is 10.2. The second-order valence-corrected chi connectivity index (χ2v) is 5.33. The van der Waals surface area contributed by atoms with Gasteiger partial charge in [0.1, 0.15) is 5.75 Å². The van der Waals surface area contributed by atoms with E-state index in [1.165, 1.54) is 0 Å². The number of carbonyl (C=O) groups is 2. The number of para-hydroxylation sites is 1. The second kappa shape index (κ2) is 7.45. The smallest absolute Gasteiger partial charge is 0.250 e. The number of primary amides is 1. The highest BCUT2D eigenvalue weighted by molar-refractivity contribution is 6.02. The third-order valence-electron chi connectivity index (χ3n) is 3.38. The van der Waals surface area contributed by atoms with Gasteiger partial charge < -0.3 is 15.8 Å². The van der Waals surface area contributed by atoms with Gasteiger partial charge in [0, 0.05) is 0 Å². The summed E-state index contributed by atoms with van der Waals surface area (Å²) >= 11 is 0. The Kier molecular flexibility index (Phi) is 5.36. The first kappa shape index (κ1) is 16.5. The average Bonchev–Trinajstić information content (AvgIpc) is 2.50. The van der Waals surface area contributed by atoms with Crippen LogP contribution in [0.1, 0.15) is 27.9 Å². The highest BCUT2D eigenvalue weighted by atomic mass is 16.5. The molecule has 0 aliphatic heterocycles. The lowest BCUT2D eigenvalue weighted by Gasteiger charge is -2.11. The first-order valence-corrected chi connectivity index (χ1v) is 7.36. The van der Waals surface area contributed by atoms with E-state index in [1.807, 2.05) is 32.0 Å². The molecule has 3 N–H and O–H groups in total. The molecule has 0 unspecified atom stereocenters. The van der Waals surface area contributed by atoms with Gasteiger partial charge in [-0.15, -0.1) is 0 Å². The van der Waals surface area contributed by atoms with Crippen LogP contribution in [0.2, 0.25) is 0 Å². The highest BCUT2D eigenvalue weighted by Gasteiger charge is 2.10. The molecular formula is C18H20N2O3. The SMILES string of the molecule is Cc1ccc(OCCC(=O)Nc2ccccc2C(N)=O)c(C)c1. The van der Waals surface area contributed by atoms with Gasteiger partial charge in [0.25, 0.3) is 5.91 Å². The highest BCUT2D eigenvalue weighted by Crippen LogP contribution is 2.19. The monoisotopic (exact) mass is 312 g/mol. The van der Waals surface area contributed by atoms with Crippen LogP contribution in [-0.2, 0) is 4.79 Å². The molecule has 0 heterocycles. The molecule has 0 bridgehead atoms. The first-order valence-electron chi connectivity index (χ1n) is 7.36. The van der Waals surface area contributed by atoms with E-state index in [9.17, 15) is 9.59 Å². The minimum atomic E-state index is -0.576. The summed E-state index contributed by atoms with van der Waals surface area (Å²) in [6.07, 6.45) is 0.181. The van der Waals surface area contributed by atoms with Gasteiger partial charge in [-0.25, -0.2) is 0 Å². The van der Waals surface area contributed by atoms with Crippen molar-refractivity contribution in [2.45, 2.75) is 20.3 Å². The summed E-state index contributed by atoms with van der Waals surface area (Å²) in [6.45, 7) is 4.24. The number of ether oxygens (including phenoxy) is 1. The van der Waals surface area contributed by atoms with Crippen LogP contribution in [0.3, 0.4) is 0 Å². The molecule has 0 saturated heterocycles. The Labute approximate surface area is 135 Å². The van der Waals surface area contributed by atoms with Crippen LogP contribution >= 0.6 is 0 Å². The van der Waals surface area contributed by atoms with Crippen LogP contribution in [0, 0.1) is 13.8 Å². The third-order valence-corrected chi connectivity index (χ3v) is 3.38. The van der Waals surface area contributed by atoms with Gasteiger partial charge in [0.05, 0.1) is 24.3 Å². The molecular weight excluding hydrogens is 292 g/mol. The van der Waals surface area contributed by atoms with Crippen molar-refractivity contribution in [3.63, 3.8) is 0 Å². The number of hydrogen-bond donors (Lipinski definition) is 2. The number of aryl methyl sites for hydroxylation is 2. The Morgan fingerprint density at radius 3 is 2.57 bits per heavy atom. The fraction of sp³-hybridized carbons (Fsp3) is 0.222. The molecule has 0 spiro atoms. The zero-order chi connectivity index (χ0) is 16.8. The van der Waals surface area contributed by atoms with E-state index < -0.39 is 5.91 Å². The predicted molar refractivity (Wildman–Crippen MR) is 89.6 cm³/mol. The summed E-state index contributed by atoms with van der Waals surface area (Å²) in [6, 6.07) is 12.5. The molecule has 120 valence electrons. The van der Waals surface area contributed by atoms with Crippen molar-refractivity contribution >= 4 is 17.5 Å². The molecule has 5 nitrogen and oxygen atoms in total. The fourth-order valence-electron chi connectivity index (χ4n) is 2.23. The molecule has 2 amide bonds. The molecule has 0 radical (unpaired) electrons. The van der Waals surface area contributed by atoms with E-state index in [2.05, 4.69) is 5.32 Å². The molecule has 0 fully saturated rings. The molecule has 5 heteroatoms. The van der Waals surface area contributed by atoms with Gasteiger partial charge in [-0.1, -0.05) is 29.8 Å². The Balaban J connectivity index is 1.90. The van der Waals surface area contributed by atoms with E-state index in [0.717, 1.165) is 16.9 Å². The van der Waals surface area contributed by atoms with Gasteiger partial charge in [-0.2, -0.15) is 0 Å². The lowest BCUT2D eigenvalue weighted by Crippen LogP contribution is -2.19. The van der Waals surface area contributed by atoms with Crippen molar-refractivity contribution in [1.82, 2.24) is 0 Å². The predicted octanol–water partition coefficient (Wildman–Crippen LogP) is 2.81. The zero-order valence-electron chi connectivity index (χ0n) is 13.3. The topological polar surface area (TPSA) is 81.4 Å². The zero-order valence-corrected chi connectivity index (χ0v) is 13.3. The molecule has 2 rings (SSSR count). The number of benzene rings is 2. The van der Waals surface area contributed by atoms with Gasteiger partial charge in [-0.05, 0) is 37.6 Å². The summed E-state index contributed by atoms with van der Waals surface area (Å²) in [5, 5.41) is 2.68. The lowest BCUT2D eigenvalue weighted by atomic mass is 10.1. The molecule has 2 aromatic carbocycles. The first-order chi connectivity index (χ1) is 11.0. The number of hydrogen-bond acceptors (Lipinski definition) is 3. The Hall–Kier alpha value is -2.82. The second-order valence-electron chi connectivity index (χ2n) is 5.33. The number of rotatable bonds is 6. The van der Waals surface area contributed by atoms with Crippen molar-refractivity contribution in [3.8, 4) is 5.75 Å². The van der Waals surface area contributed by atoms with Gasteiger partial charge in [0.15, 0.2) is 0 Å². The van der Waals surface area contributed by atoms with Crippen molar-refractivity contribution in [1.29, 1.82) is 0 Å². The van der Waals surface area contributed by atoms with E-state index in [1.54, 1.807) is 24.3 Å². The largest absolute Gasteiger partial charge is 0.493 e. The quantitative estimate of drug-likeness (QED) is 0.860. The van der Waals surface area contributed by atoms with Crippen LogP contribution in [0.25, 0.3) is 0 Å². The van der Waals surface area contributed by atoms with Crippen molar-refractivity contribution < 1.29 is 14.3 Å². The molecule has 2 aromatic rings. The van der Waals surface area contributed by atoms with Crippen molar-refractivity contribution in [2.75, 3.05) is 11.9 Å². The Morgan fingerprint density at radius 1 is 1.13 bits per heavy atom. The minimum Gasteiger partial charge on any atom is -0.493 e. The number of nitrogens with two attached hydrogens (primary N) is 1. The van der Waals surface area contributed by atoms with Crippen LogP contribution in [0.15, 0.2) is 42.5 Å². The van der Waals surface area contributed by atoms with Crippen LogP contribution < -0.4 is 15.8 Å². The fourth-order valence-corrected chi connectivity index (χ4v) is 2.23. The molecule has 0 aliphatic carbocycles.